The van der Waals surface area contributed by atoms with Gasteiger partial charge in [-0.1, -0.05) is 54.1 Å². The van der Waals surface area contributed by atoms with E-state index >= 15 is 0 Å². The molecule has 8 heteroatoms. The van der Waals surface area contributed by atoms with Crippen LogP contribution in [0.1, 0.15) is 31.7 Å². The van der Waals surface area contributed by atoms with E-state index < -0.39 is 12.1 Å². The number of rotatable bonds is 12. The number of carbonyl (C=O) groups is 3. The lowest BCUT2D eigenvalue weighted by Crippen LogP contribution is -2.30. The van der Waals surface area contributed by atoms with Crippen LogP contribution in [0.25, 0.3) is 0 Å². The molecule has 0 aliphatic carbocycles. The number of nitrogens with one attached hydrogen (secondary N) is 2. The first-order valence-electron chi connectivity index (χ1n) is 11.7. The molecule has 3 aromatic rings. The lowest BCUT2D eigenvalue weighted by molar-refractivity contribution is -0.144. The van der Waals surface area contributed by atoms with Crippen molar-refractivity contribution in [2.45, 2.75) is 38.7 Å². The molecule has 0 heterocycles. The van der Waals surface area contributed by atoms with Crippen molar-refractivity contribution in [2.75, 3.05) is 17.2 Å². The zero-order valence-corrected chi connectivity index (χ0v) is 20.8. The third-order valence-electron chi connectivity index (χ3n) is 5.22. The summed E-state index contributed by atoms with van der Waals surface area (Å²) in [5.41, 5.74) is 2.29. The predicted octanol–water partition coefficient (Wildman–Crippen LogP) is 5.64. The number of amides is 2. The van der Waals surface area contributed by atoms with Crippen molar-refractivity contribution in [1.29, 1.82) is 0 Å². The molecule has 188 valence electrons. The van der Waals surface area contributed by atoms with Crippen LogP contribution in [0.3, 0.4) is 0 Å². The molecular weight excluding hydrogens is 480 g/mol. The largest absolute Gasteiger partial charge is 0.479 e. The molecule has 0 aliphatic heterocycles. The topological polar surface area (TPSA) is 93.7 Å². The fourth-order valence-corrected chi connectivity index (χ4v) is 3.46. The quantitative estimate of drug-likeness (QED) is 0.244. The Morgan fingerprint density at radius 3 is 2.17 bits per heavy atom. The molecule has 1 unspecified atom stereocenters. The number of esters is 1. The van der Waals surface area contributed by atoms with Crippen molar-refractivity contribution in [3.05, 3.63) is 89.4 Å². The minimum absolute atomic E-state index is 0.00856. The number of carbonyl (C=O) groups excluding carboxylic acids is 3. The number of hydrogen-bond donors (Lipinski definition) is 2. The van der Waals surface area contributed by atoms with E-state index in [9.17, 15) is 14.4 Å². The Balaban J connectivity index is 1.34. The first-order chi connectivity index (χ1) is 17.4. The Bertz CT molecular complexity index is 1150. The van der Waals surface area contributed by atoms with Crippen molar-refractivity contribution in [2.24, 2.45) is 0 Å². The van der Waals surface area contributed by atoms with Crippen molar-refractivity contribution in [3.63, 3.8) is 0 Å². The van der Waals surface area contributed by atoms with Crippen LogP contribution >= 0.6 is 11.6 Å². The number of halogens is 1. The SMILES string of the molecule is CC(Oc1ccccc1Cl)C(=O)Nc1ccc(NC(=O)CCC(=O)OCCCc2ccccc2)cc1. The van der Waals surface area contributed by atoms with Crippen molar-refractivity contribution < 1.29 is 23.9 Å². The summed E-state index contributed by atoms with van der Waals surface area (Å²) in [5, 5.41) is 5.91. The van der Waals surface area contributed by atoms with E-state index in [1.807, 2.05) is 30.3 Å². The minimum atomic E-state index is -0.762. The molecule has 2 N–H and O–H groups in total. The van der Waals surface area contributed by atoms with Crippen LogP contribution in [0, 0.1) is 0 Å². The van der Waals surface area contributed by atoms with E-state index in [1.54, 1.807) is 55.5 Å². The smallest absolute Gasteiger partial charge is 0.306 e. The lowest BCUT2D eigenvalue weighted by Gasteiger charge is -2.15. The number of para-hydroxylation sites is 1. The van der Waals surface area contributed by atoms with Crippen LogP contribution in [0.4, 0.5) is 11.4 Å². The van der Waals surface area contributed by atoms with Crippen LogP contribution in [0.5, 0.6) is 5.75 Å². The number of benzene rings is 3. The maximum atomic E-state index is 12.4. The highest BCUT2D eigenvalue weighted by Gasteiger charge is 2.16. The summed E-state index contributed by atoms with van der Waals surface area (Å²) in [7, 11) is 0. The number of ether oxygens (including phenoxy) is 2. The molecular formula is C28H29ClN2O5. The monoisotopic (exact) mass is 508 g/mol. The summed E-state index contributed by atoms with van der Waals surface area (Å²) < 4.78 is 10.8. The summed E-state index contributed by atoms with van der Waals surface area (Å²) in [4.78, 5) is 36.5. The van der Waals surface area contributed by atoms with Crippen molar-refractivity contribution in [3.8, 4) is 5.75 Å². The summed E-state index contributed by atoms with van der Waals surface area (Å²) in [6.45, 7) is 1.95. The van der Waals surface area contributed by atoms with Gasteiger partial charge in [-0.05, 0) is 61.7 Å². The van der Waals surface area contributed by atoms with Gasteiger partial charge in [0.25, 0.3) is 5.91 Å². The van der Waals surface area contributed by atoms with Crippen molar-refractivity contribution in [1.82, 2.24) is 0 Å². The first kappa shape index (κ1) is 26.8. The van der Waals surface area contributed by atoms with Gasteiger partial charge in [-0.15, -0.1) is 0 Å². The van der Waals surface area contributed by atoms with E-state index in [2.05, 4.69) is 10.6 Å². The molecule has 3 rings (SSSR count). The van der Waals surface area contributed by atoms with Gasteiger partial charge in [-0.3, -0.25) is 14.4 Å². The molecule has 0 radical (unpaired) electrons. The number of aryl methyl sites for hydroxylation is 1. The summed E-state index contributed by atoms with van der Waals surface area (Å²) in [5.74, 6) is -0.607. The van der Waals surface area contributed by atoms with Crippen LogP contribution < -0.4 is 15.4 Å². The van der Waals surface area contributed by atoms with E-state index in [1.165, 1.54) is 5.56 Å². The van der Waals surface area contributed by atoms with Gasteiger partial charge in [-0.2, -0.15) is 0 Å². The standard InChI is InChI=1S/C28H29ClN2O5/c1-20(36-25-12-6-5-11-24(25)29)28(34)31-23-15-13-22(14-16-23)30-26(32)17-18-27(33)35-19-7-10-21-8-3-2-4-9-21/h2-6,8-9,11-16,20H,7,10,17-19H2,1H3,(H,30,32)(H,31,34). The highest BCUT2D eigenvalue weighted by atomic mass is 35.5. The second kappa shape index (κ2) is 13.9. The second-order valence-corrected chi connectivity index (χ2v) is 8.52. The van der Waals surface area contributed by atoms with Gasteiger partial charge < -0.3 is 20.1 Å². The Morgan fingerprint density at radius 2 is 1.47 bits per heavy atom. The molecule has 0 spiro atoms. The third-order valence-corrected chi connectivity index (χ3v) is 5.53. The van der Waals surface area contributed by atoms with E-state index in [-0.39, 0.29) is 24.7 Å². The van der Waals surface area contributed by atoms with Gasteiger partial charge in [0.2, 0.25) is 5.91 Å². The average Bonchev–Trinajstić information content (AvgIpc) is 2.88. The maximum absolute atomic E-state index is 12.4. The van der Waals surface area contributed by atoms with Gasteiger partial charge in [0.1, 0.15) is 5.75 Å². The predicted molar refractivity (Wildman–Crippen MR) is 140 cm³/mol. The van der Waals surface area contributed by atoms with Gasteiger partial charge in [0.05, 0.1) is 18.1 Å². The van der Waals surface area contributed by atoms with E-state index in [0.717, 1.165) is 12.8 Å². The third kappa shape index (κ3) is 9.07. The van der Waals surface area contributed by atoms with Gasteiger partial charge >= 0.3 is 5.97 Å². The maximum Gasteiger partial charge on any atom is 0.306 e. The number of hydrogen-bond acceptors (Lipinski definition) is 5. The zero-order chi connectivity index (χ0) is 25.8. The average molecular weight is 509 g/mol. The highest BCUT2D eigenvalue weighted by molar-refractivity contribution is 6.32. The summed E-state index contributed by atoms with van der Waals surface area (Å²) in [6.07, 6.45) is 0.831. The van der Waals surface area contributed by atoms with Crippen LogP contribution in [-0.4, -0.2) is 30.5 Å². The molecule has 1 atom stereocenters. The van der Waals surface area contributed by atoms with E-state index in [0.29, 0.717) is 28.8 Å². The van der Waals surface area contributed by atoms with Crippen LogP contribution in [-0.2, 0) is 25.5 Å². The highest BCUT2D eigenvalue weighted by Crippen LogP contribution is 2.24. The lowest BCUT2D eigenvalue weighted by atomic mass is 10.1. The van der Waals surface area contributed by atoms with Gasteiger partial charge in [0.15, 0.2) is 6.10 Å². The molecule has 0 saturated heterocycles. The molecule has 0 saturated carbocycles. The van der Waals surface area contributed by atoms with Crippen LogP contribution in [0.15, 0.2) is 78.9 Å². The molecule has 0 aliphatic rings. The molecule has 36 heavy (non-hydrogen) atoms. The normalized spacial score (nSPS) is 11.3. The zero-order valence-electron chi connectivity index (χ0n) is 20.0. The fraction of sp³-hybridized carbons (Fsp3) is 0.250. The number of anilines is 2. The summed E-state index contributed by atoms with van der Waals surface area (Å²) >= 11 is 6.06. The molecule has 3 aromatic carbocycles. The Kier molecular flexibility index (Phi) is 10.3. The fourth-order valence-electron chi connectivity index (χ4n) is 3.28. The van der Waals surface area contributed by atoms with Crippen LogP contribution in [0.2, 0.25) is 5.02 Å². The first-order valence-corrected chi connectivity index (χ1v) is 12.1. The molecule has 0 bridgehead atoms. The Hall–Kier alpha value is -3.84. The van der Waals surface area contributed by atoms with E-state index in [4.69, 9.17) is 21.1 Å². The molecule has 0 aromatic heterocycles. The Morgan fingerprint density at radius 1 is 0.833 bits per heavy atom. The van der Waals surface area contributed by atoms with Gasteiger partial charge in [0, 0.05) is 17.8 Å². The second-order valence-electron chi connectivity index (χ2n) is 8.11. The van der Waals surface area contributed by atoms with Crippen molar-refractivity contribution >= 4 is 40.8 Å². The molecule has 0 fully saturated rings. The molecule has 2 amide bonds. The summed E-state index contributed by atoms with van der Waals surface area (Å²) in [6, 6.07) is 23.5. The molecule has 7 nitrogen and oxygen atoms in total. The Labute approximate surface area is 215 Å². The minimum Gasteiger partial charge on any atom is -0.479 e. The van der Waals surface area contributed by atoms with Gasteiger partial charge in [-0.25, -0.2) is 0 Å².